The summed E-state index contributed by atoms with van der Waals surface area (Å²) >= 11 is 0. The van der Waals surface area contributed by atoms with Crippen molar-refractivity contribution in [2.24, 2.45) is 5.41 Å². The Morgan fingerprint density at radius 2 is 1.92 bits per heavy atom. The Morgan fingerprint density at radius 1 is 1.29 bits per heavy atom. The van der Waals surface area contributed by atoms with E-state index >= 15 is 0 Å². The summed E-state index contributed by atoms with van der Waals surface area (Å²) in [6, 6.07) is 10.6. The van der Waals surface area contributed by atoms with Crippen LogP contribution in [-0.4, -0.2) is 67.3 Å². The summed E-state index contributed by atoms with van der Waals surface area (Å²) in [5.74, 6) is 0. The molecule has 0 spiro atoms. The summed E-state index contributed by atoms with van der Waals surface area (Å²) in [7, 11) is 4.10. The molecule has 1 saturated heterocycles. The first-order chi connectivity index (χ1) is 11.4. The number of benzene rings is 1. The van der Waals surface area contributed by atoms with Gasteiger partial charge in [-0.25, -0.2) is 4.79 Å². The first-order valence-electron chi connectivity index (χ1n) is 8.77. The van der Waals surface area contributed by atoms with Crippen molar-refractivity contribution < 1.29 is 9.90 Å². The molecule has 0 unspecified atom stereocenters. The van der Waals surface area contributed by atoms with Crippen molar-refractivity contribution in [1.82, 2.24) is 15.1 Å². The normalized spacial score (nSPS) is 18.5. The van der Waals surface area contributed by atoms with Gasteiger partial charge in [0.15, 0.2) is 0 Å². The zero-order valence-electron chi connectivity index (χ0n) is 15.2. The Balaban J connectivity index is 1.82. The van der Waals surface area contributed by atoms with E-state index in [1.807, 2.05) is 37.2 Å². The molecule has 1 aliphatic rings. The molecule has 5 nitrogen and oxygen atoms in total. The number of likely N-dealkylation sites (tertiary alicyclic amines) is 1. The predicted octanol–water partition coefficient (Wildman–Crippen LogP) is 1.96. The molecular weight excluding hydrogens is 302 g/mol. The van der Waals surface area contributed by atoms with Crippen LogP contribution in [-0.2, 0) is 6.42 Å². The second-order valence-electron chi connectivity index (χ2n) is 7.45. The number of rotatable bonds is 6. The number of likely N-dealkylation sites (N-methyl/N-ethyl adjacent to an activating group) is 1. The number of urea groups is 1. The van der Waals surface area contributed by atoms with Gasteiger partial charge in [-0.3, -0.25) is 0 Å². The Labute approximate surface area is 145 Å². The van der Waals surface area contributed by atoms with Gasteiger partial charge in [-0.1, -0.05) is 37.3 Å². The number of aliphatic hydroxyl groups is 1. The number of carbonyl (C=O) groups is 1. The Morgan fingerprint density at radius 3 is 2.46 bits per heavy atom. The van der Waals surface area contributed by atoms with E-state index in [1.54, 1.807) is 0 Å². The van der Waals surface area contributed by atoms with Crippen molar-refractivity contribution in [2.45, 2.75) is 32.2 Å². The topological polar surface area (TPSA) is 55.8 Å². The number of amides is 2. The molecule has 1 aromatic rings. The molecule has 1 aliphatic heterocycles. The molecule has 0 saturated carbocycles. The summed E-state index contributed by atoms with van der Waals surface area (Å²) in [6.07, 6.45) is 2.63. The summed E-state index contributed by atoms with van der Waals surface area (Å²) in [5.41, 5.74) is 1.25. The number of piperidine rings is 1. The number of aliphatic hydroxyl groups excluding tert-OH is 1. The molecule has 2 amide bonds. The molecule has 1 aromatic carbocycles. The maximum Gasteiger partial charge on any atom is 0.317 e. The number of carbonyl (C=O) groups excluding carboxylic acids is 1. The minimum atomic E-state index is -0.0315. The fraction of sp³-hybridized carbons (Fsp3) is 0.632. The van der Waals surface area contributed by atoms with Gasteiger partial charge in [0, 0.05) is 32.3 Å². The van der Waals surface area contributed by atoms with E-state index in [0.717, 1.165) is 19.3 Å². The lowest BCUT2D eigenvalue weighted by Gasteiger charge is -2.38. The van der Waals surface area contributed by atoms with Crippen LogP contribution in [0.3, 0.4) is 0 Å². The van der Waals surface area contributed by atoms with Gasteiger partial charge in [0.25, 0.3) is 0 Å². The van der Waals surface area contributed by atoms with Gasteiger partial charge in [0.1, 0.15) is 0 Å². The van der Waals surface area contributed by atoms with E-state index in [2.05, 4.69) is 29.3 Å². The molecule has 0 bridgehead atoms. The minimum Gasteiger partial charge on any atom is -0.396 e. The van der Waals surface area contributed by atoms with Crippen LogP contribution in [0.25, 0.3) is 0 Å². The van der Waals surface area contributed by atoms with Crippen LogP contribution in [0.5, 0.6) is 0 Å². The van der Waals surface area contributed by atoms with Crippen LogP contribution in [0.2, 0.25) is 0 Å². The van der Waals surface area contributed by atoms with Crippen molar-refractivity contribution in [3.8, 4) is 0 Å². The highest BCUT2D eigenvalue weighted by Crippen LogP contribution is 2.29. The first kappa shape index (κ1) is 18.7. The van der Waals surface area contributed by atoms with E-state index in [9.17, 15) is 9.90 Å². The third kappa shape index (κ3) is 5.21. The van der Waals surface area contributed by atoms with Crippen molar-refractivity contribution in [2.75, 3.05) is 40.3 Å². The lowest BCUT2D eigenvalue weighted by molar-refractivity contribution is 0.0697. The highest BCUT2D eigenvalue weighted by atomic mass is 16.3. The summed E-state index contributed by atoms with van der Waals surface area (Å²) in [5, 5.41) is 12.5. The molecule has 1 fully saturated rings. The second kappa shape index (κ2) is 8.49. The average Bonchev–Trinajstić information content (AvgIpc) is 2.59. The molecule has 134 valence electrons. The fourth-order valence-electron chi connectivity index (χ4n) is 3.05. The van der Waals surface area contributed by atoms with Gasteiger partial charge >= 0.3 is 6.03 Å². The summed E-state index contributed by atoms with van der Waals surface area (Å²) < 4.78 is 0. The SMILES string of the molecule is CN(C)[C@H](CNC(=O)N1CCC(C)(CO)CC1)Cc1ccccc1. The van der Waals surface area contributed by atoms with Crippen LogP contribution in [0.15, 0.2) is 30.3 Å². The Kier molecular flexibility index (Phi) is 6.63. The van der Waals surface area contributed by atoms with Crippen LogP contribution in [0.1, 0.15) is 25.3 Å². The molecule has 1 atom stereocenters. The van der Waals surface area contributed by atoms with Crippen LogP contribution < -0.4 is 5.32 Å². The largest absolute Gasteiger partial charge is 0.396 e. The van der Waals surface area contributed by atoms with Crippen LogP contribution in [0.4, 0.5) is 4.79 Å². The Bertz CT molecular complexity index is 511. The number of hydrogen-bond acceptors (Lipinski definition) is 3. The van der Waals surface area contributed by atoms with Gasteiger partial charge in [-0.05, 0) is 44.3 Å². The predicted molar refractivity (Wildman–Crippen MR) is 97.0 cm³/mol. The van der Waals surface area contributed by atoms with E-state index in [1.165, 1.54) is 5.56 Å². The zero-order chi connectivity index (χ0) is 17.6. The smallest absolute Gasteiger partial charge is 0.317 e. The maximum atomic E-state index is 12.4. The molecule has 2 rings (SSSR count). The quantitative estimate of drug-likeness (QED) is 0.837. The first-order valence-corrected chi connectivity index (χ1v) is 8.77. The number of nitrogens with one attached hydrogen (secondary N) is 1. The third-order valence-electron chi connectivity index (χ3n) is 5.17. The summed E-state index contributed by atoms with van der Waals surface area (Å²) in [6.45, 7) is 4.35. The molecule has 0 radical (unpaired) electrons. The molecule has 24 heavy (non-hydrogen) atoms. The van der Waals surface area contributed by atoms with E-state index in [0.29, 0.717) is 19.6 Å². The molecule has 0 aromatic heterocycles. The fourth-order valence-corrected chi connectivity index (χ4v) is 3.05. The van der Waals surface area contributed by atoms with Crippen molar-refractivity contribution in [1.29, 1.82) is 0 Å². The molecular formula is C19H31N3O2. The lowest BCUT2D eigenvalue weighted by Crippen LogP contribution is -2.50. The minimum absolute atomic E-state index is 0.00917. The number of nitrogens with zero attached hydrogens (tertiary/aromatic N) is 2. The third-order valence-corrected chi connectivity index (χ3v) is 5.17. The molecule has 0 aliphatic carbocycles. The van der Waals surface area contributed by atoms with E-state index in [-0.39, 0.29) is 24.1 Å². The van der Waals surface area contributed by atoms with Gasteiger partial charge in [-0.15, -0.1) is 0 Å². The number of hydrogen-bond donors (Lipinski definition) is 2. The van der Waals surface area contributed by atoms with Crippen molar-refractivity contribution >= 4 is 6.03 Å². The van der Waals surface area contributed by atoms with Crippen LogP contribution in [0, 0.1) is 5.41 Å². The van der Waals surface area contributed by atoms with E-state index in [4.69, 9.17) is 0 Å². The lowest BCUT2D eigenvalue weighted by atomic mass is 9.81. The zero-order valence-corrected chi connectivity index (χ0v) is 15.2. The Hall–Kier alpha value is -1.59. The monoisotopic (exact) mass is 333 g/mol. The van der Waals surface area contributed by atoms with Crippen LogP contribution >= 0.6 is 0 Å². The maximum absolute atomic E-state index is 12.4. The van der Waals surface area contributed by atoms with Gasteiger partial charge in [0.05, 0.1) is 0 Å². The molecule has 5 heteroatoms. The molecule has 1 heterocycles. The van der Waals surface area contributed by atoms with Crippen molar-refractivity contribution in [3.05, 3.63) is 35.9 Å². The standard InChI is InChI=1S/C19H31N3O2/c1-19(15-23)9-11-22(12-10-19)18(24)20-14-17(21(2)3)13-16-7-5-4-6-8-16/h4-8,17,23H,9-15H2,1-3H3,(H,20,24)/t17-/m0/s1. The van der Waals surface area contributed by atoms with Crippen molar-refractivity contribution in [3.63, 3.8) is 0 Å². The highest BCUT2D eigenvalue weighted by molar-refractivity contribution is 5.74. The second-order valence-corrected chi connectivity index (χ2v) is 7.45. The average molecular weight is 333 g/mol. The van der Waals surface area contributed by atoms with Gasteiger partial charge in [0.2, 0.25) is 0 Å². The van der Waals surface area contributed by atoms with Gasteiger partial charge < -0.3 is 20.2 Å². The highest BCUT2D eigenvalue weighted by Gasteiger charge is 2.31. The molecule has 2 N–H and O–H groups in total. The van der Waals surface area contributed by atoms with Gasteiger partial charge in [-0.2, -0.15) is 0 Å². The van der Waals surface area contributed by atoms with E-state index < -0.39 is 0 Å². The summed E-state index contributed by atoms with van der Waals surface area (Å²) in [4.78, 5) is 16.4.